The summed E-state index contributed by atoms with van der Waals surface area (Å²) in [6, 6.07) is 12.3. The van der Waals surface area contributed by atoms with E-state index in [-0.39, 0.29) is 12.8 Å². The number of aromatic nitrogens is 2. The summed E-state index contributed by atoms with van der Waals surface area (Å²) in [5.74, 6) is -2.94. The normalized spacial score (nSPS) is 19.9. The van der Waals surface area contributed by atoms with E-state index in [1.807, 2.05) is 12.1 Å². The lowest BCUT2D eigenvalue weighted by molar-refractivity contribution is -0.0548. The molecule has 1 saturated carbocycles. The number of hydrogen-bond donors (Lipinski definition) is 1. The van der Waals surface area contributed by atoms with Gasteiger partial charge >= 0.3 is 5.97 Å². The lowest BCUT2D eigenvalue weighted by Crippen LogP contribution is -2.40. The number of fused-ring (bicyclic) bond motifs is 4. The highest BCUT2D eigenvalue weighted by atomic mass is 19.3. The number of carboxylic acids is 1. The average molecular weight is 546 g/mol. The number of likely N-dealkylation sites (tertiary alicyclic amines) is 1. The average Bonchev–Trinajstić information content (AvgIpc) is 3.47. The Morgan fingerprint density at radius 2 is 1.75 bits per heavy atom. The summed E-state index contributed by atoms with van der Waals surface area (Å²) in [5, 5.41) is 12.2. The number of aryl methyl sites for hydroxylation is 2. The zero-order valence-electron chi connectivity index (χ0n) is 23.0. The van der Waals surface area contributed by atoms with Gasteiger partial charge in [0.15, 0.2) is 0 Å². The van der Waals surface area contributed by atoms with Gasteiger partial charge in [0, 0.05) is 73.6 Å². The quantitative estimate of drug-likeness (QED) is 0.280. The number of rotatable bonds is 5. The van der Waals surface area contributed by atoms with Crippen LogP contribution in [-0.2, 0) is 19.5 Å². The minimum absolute atomic E-state index is 0.0447. The fourth-order valence-electron chi connectivity index (χ4n) is 7.62. The molecule has 0 atom stereocenters. The van der Waals surface area contributed by atoms with Crippen molar-refractivity contribution in [1.29, 1.82) is 0 Å². The maximum absolute atomic E-state index is 13.7. The van der Waals surface area contributed by atoms with Crippen LogP contribution < -0.4 is 0 Å². The molecule has 2 aliphatic heterocycles. The van der Waals surface area contributed by atoms with Crippen LogP contribution in [0.1, 0.15) is 78.8 Å². The molecule has 2 fully saturated rings. The maximum Gasteiger partial charge on any atom is 0.335 e. The van der Waals surface area contributed by atoms with Crippen LogP contribution in [0.25, 0.3) is 33.1 Å². The largest absolute Gasteiger partial charge is 0.478 e. The van der Waals surface area contributed by atoms with Crippen molar-refractivity contribution in [3.8, 4) is 11.3 Å². The summed E-state index contributed by atoms with van der Waals surface area (Å²) in [6.45, 7) is 3.44. The van der Waals surface area contributed by atoms with Crippen molar-refractivity contribution in [1.82, 2.24) is 14.0 Å². The van der Waals surface area contributed by atoms with Crippen molar-refractivity contribution < 1.29 is 18.7 Å². The molecule has 40 heavy (non-hydrogen) atoms. The van der Waals surface area contributed by atoms with E-state index in [0.717, 1.165) is 38.0 Å². The Morgan fingerprint density at radius 3 is 2.52 bits per heavy atom. The van der Waals surface area contributed by atoms with Crippen molar-refractivity contribution in [2.24, 2.45) is 0 Å². The van der Waals surface area contributed by atoms with E-state index in [4.69, 9.17) is 0 Å². The van der Waals surface area contributed by atoms with Crippen LogP contribution in [-0.4, -0.2) is 50.7 Å². The summed E-state index contributed by atoms with van der Waals surface area (Å²) in [7, 11) is 0. The molecule has 1 N–H and O–H groups in total. The molecule has 210 valence electrons. The second kappa shape index (κ2) is 10.0. The Bertz CT molecular complexity index is 1580. The molecule has 4 aromatic rings. The molecule has 5 nitrogen and oxygen atoms in total. The first-order valence-electron chi connectivity index (χ1n) is 15.0. The first-order chi connectivity index (χ1) is 19.4. The molecule has 1 saturated heterocycles. The van der Waals surface area contributed by atoms with Gasteiger partial charge in [-0.15, -0.1) is 0 Å². The fraction of sp³-hybridized carbons (Fsp3) is 0.485. The van der Waals surface area contributed by atoms with Crippen LogP contribution in [0.2, 0.25) is 0 Å². The number of aromatic carboxylic acids is 1. The van der Waals surface area contributed by atoms with Crippen LogP contribution >= 0.6 is 0 Å². The number of halogens is 2. The number of benzene rings is 2. The minimum Gasteiger partial charge on any atom is -0.478 e. The van der Waals surface area contributed by atoms with Crippen molar-refractivity contribution in [3.05, 3.63) is 59.3 Å². The van der Waals surface area contributed by atoms with E-state index in [2.05, 4.69) is 38.4 Å². The second-order valence-electron chi connectivity index (χ2n) is 12.1. The second-order valence-corrected chi connectivity index (χ2v) is 12.1. The molecule has 3 aliphatic rings. The summed E-state index contributed by atoms with van der Waals surface area (Å²) in [4.78, 5) is 14.1. The number of nitrogens with zero attached hydrogens (tertiary/aromatic N) is 3. The summed E-state index contributed by atoms with van der Waals surface area (Å²) >= 11 is 0. The lowest BCUT2D eigenvalue weighted by Gasteiger charge is -2.31. The summed E-state index contributed by atoms with van der Waals surface area (Å²) < 4.78 is 32.2. The molecule has 0 unspecified atom stereocenters. The number of piperidine rings is 1. The fourth-order valence-corrected chi connectivity index (χ4v) is 7.62. The predicted molar refractivity (Wildman–Crippen MR) is 155 cm³/mol. The zero-order chi connectivity index (χ0) is 27.4. The maximum atomic E-state index is 13.7. The molecule has 4 heterocycles. The molecule has 1 aliphatic carbocycles. The zero-order valence-corrected chi connectivity index (χ0v) is 23.0. The lowest BCUT2D eigenvalue weighted by atomic mass is 9.81. The Labute approximate surface area is 233 Å². The van der Waals surface area contributed by atoms with E-state index in [1.165, 1.54) is 70.8 Å². The van der Waals surface area contributed by atoms with E-state index in [1.54, 1.807) is 6.07 Å². The van der Waals surface area contributed by atoms with Gasteiger partial charge in [-0.05, 0) is 54.9 Å². The SMILES string of the molecule is O=C(O)c1ccc2c(C3CCCCC3)c3n(c2c1)CCCn1cc(CCN2CCC(F)(F)CC2)c2cccc-3c21. The van der Waals surface area contributed by atoms with E-state index in [9.17, 15) is 18.7 Å². The molecular formula is C33H37F2N3O2. The van der Waals surface area contributed by atoms with Gasteiger partial charge in [-0.25, -0.2) is 13.6 Å². The van der Waals surface area contributed by atoms with Crippen molar-refractivity contribution in [2.45, 2.75) is 82.7 Å². The highest BCUT2D eigenvalue weighted by molar-refractivity contribution is 6.03. The Balaban J connectivity index is 1.36. The van der Waals surface area contributed by atoms with Crippen LogP contribution in [0.3, 0.4) is 0 Å². The van der Waals surface area contributed by atoms with Gasteiger partial charge in [0.05, 0.1) is 16.8 Å². The smallest absolute Gasteiger partial charge is 0.335 e. The number of hydrogen-bond acceptors (Lipinski definition) is 2. The molecule has 7 heteroatoms. The Morgan fingerprint density at radius 1 is 0.950 bits per heavy atom. The van der Waals surface area contributed by atoms with E-state index in [0.29, 0.717) is 24.6 Å². The van der Waals surface area contributed by atoms with Gasteiger partial charge in [0.1, 0.15) is 0 Å². The first-order valence-corrected chi connectivity index (χ1v) is 15.0. The Hall–Kier alpha value is -3.19. The van der Waals surface area contributed by atoms with E-state index < -0.39 is 11.9 Å². The number of para-hydroxylation sites is 1. The first kappa shape index (κ1) is 25.8. The van der Waals surface area contributed by atoms with Gasteiger partial charge in [-0.2, -0.15) is 0 Å². The molecule has 0 amide bonds. The third-order valence-corrected chi connectivity index (χ3v) is 9.67. The van der Waals surface area contributed by atoms with Crippen molar-refractivity contribution >= 4 is 27.8 Å². The molecule has 0 bridgehead atoms. The minimum atomic E-state index is -2.52. The van der Waals surface area contributed by atoms with Crippen LogP contribution in [0.4, 0.5) is 8.78 Å². The molecule has 7 rings (SSSR count). The van der Waals surface area contributed by atoms with Crippen LogP contribution in [0, 0.1) is 0 Å². The van der Waals surface area contributed by atoms with Crippen molar-refractivity contribution in [3.63, 3.8) is 0 Å². The molecule has 0 radical (unpaired) electrons. The third kappa shape index (κ3) is 4.43. The summed E-state index contributed by atoms with van der Waals surface area (Å²) in [5.41, 5.74) is 7.80. The molecule has 2 aromatic heterocycles. The topological polar surface area (TPSA) is 50.4 Å². The van der Waals surface area contributed by atoms with Crippen LogP contribution in [0.15, 0.2) is 42.6 Å². The number of carbonyl (C=O) groups is 1. The number of alkyl halides is 2. The van der Waals surface area contributed by atoms with E-state index >= 15 is 0 Å². The third-order valence-electron chi connectivity index (χ3n) is 9.67. The molecular weight excluding hydrogens is 508 g/mol. The van der Waals surface area contributed by atoms with Crippen molar-refractivity contribution in [2.75, 3.05) is 19.6 Å². The van der Waals surface area contributed by atoms with Gasteiger partial charge in [-0.1, -0.05) is 43.5 Å². The highest BCUT2D eigenvalue weighted by Crippen LogP contribution is 2.47. The van der Waals surface area contributed by atoms with Gasteiger partial charge in [0.2, 0.25) is 0 Å². The number of carboxylic acid groups (broad SMARTS) is 1. The molecule has 2 aromatic carbocycles. The molecule has 0 spiro atoms. The summed E-state index contributed by atoms with van der Waals surface area (Å²) in [6.07, 6.45) is 10.1. The predicted octanol–water partition coefficient (Wildman–Crippen LogP) is 7.69. The van der Waals surface area contributed by atoms with Gasteiger partial charge in [0.25, 0.3) is 5.92 Å². The monoisotopic (exact) mass is 545 g/mol. The highest BCUT2D eigenvalue weighted by Gasteiger charge is 2.34. The van der Waals surface area contributed by atoms with Gasteiger partial charge in [-0.3, -0.25) is 0 Å². The Kier molecular flexibility index (Phi) is 6.45. The van der Waals surface area contributed by atoms with Gasteiger partial charge < -0.3 is 19.1 Å². The van der Waals surface area contributed by atoms with Crippen LogP contribution in [0.5, 0.6) is 0 Å². The standard InChI is InChI=1S/C33H37F2N3O2/c34-33(35)13-18-36(19-14-33)17-12-24-21-37-15-5-16-38-28-20-23(32(39)40)10-11-26(28)29(22-6-2-1-3-7-22)31(38)27-9-4-8-25(24)30(27)37/h4,8-11,20-22H,1-3,5-7,12-19H2,(H,39,40).